The van der Waals surface area contributed by atoms with E-state index in [1.54, 1.807) is 12.1 Å². The summed E-state index contributed by atoms with van der Waals surface area (Å²) < 4.78 is 18.7. The largest absolute Gasteiger partial charge is 0.436 e. The van der Waals surface area contributed by atoms with E-state index >= 15 is 0 Å². The number of aromatic nitrogens is 1. The normalized spacial score (nSPS) is 10.7. The summed E-state index contributed by atoms with van der Waals surface area (Å²) in [4.78, 5) is 16.6. The molecular formula is C21H16FN3O2. The molecule has 0 unspecified atom stereocenters. The summed E-state index contributed by atoms with van der Waals surface area (Å²) in [6, 6.07) is 18.2. The number of anilines is 2. The van der Waals surface area contributed by atoms with Crippen LogP contribution in [0.1, 0.15) is 5.56 Å². The van der Waals surface area contributed by atoms with E-state index < -0.39 is 6.03 Å². The minimum Gasteiger partial charge on any atom is -0.436 e. The molecule has 0 aliphatic rings. The van der Waals surface area contributed by atoms with Crippen molar-refractivity contribution in [2.24, 2.45) is 0 Å². The van der Waals surface area contributed by atoms with Gasteiger partial charge >= 0.3 is 6.03 Å². The van der Waals surface area contributed by atoms with Gasteiger partial charge in [0.15, 0.2) is 5.58 Å². The number of rotatable bonds is 3. The van der Waals surface area contributed by atoms with Crippen LogP contribution in [0.2, 0.25) is 0 Å². The Morgan fingerprint density at radius 3 is 2.56 bits per heavy atom. The van der Waals surface area contributed by atoms with Gasteiger partial charge in [-0.15, -0.1) is 0 Å². The second-order valence-corrected chi connectivity index (χ2v) is 6.16. The van der Waals surface area contributed by atoms with Gasteiger partial charge in [0.05, 0.1) is 0 Å². The second kappa shape index (κ2) is 6.92. The first-order chi connectivity index (χ1) is 13.1. The summed E-state index contributed by atoms with van der Waals surface area (Å²) in [6.45, 7) is 2.00. The number of hydrogen-bond acceptors (Lipinski definition) is 3. The average molecular weight is 361 g/mol. The maximum absolute atomic E-state index is 12.9. The van der Waals surface area contributed by atoms with Gasteiger partial charge in [0.2, 0.25) is 5.89 Å². The highest BCUT2D eigenvalue weighted by molar-refractivity contribution is 6.00. The van der Waals surface area contributed by atoms with Crippen molar-refractivity contribution in [2.75, 3.05) is 10.6 Å². The van der Waals surface area contributed by atoms with Gasteiger partial charge in [0, 0.05) is 16.9 Å². The van der Waals surface area contributed by atoms with Crippen molar-refractivity contribution in [1.29, 1.82) is 0 Å². The van der Waals surface area contributed by atoms with Crippen molar-refractivity contribution in [2.45, 2.75) is 6.92 Å². The number of urea groups is 1. The van der Waals surface area contributed by atoms with Gasteiger partial charge in [0.25, 0.3) is 0 Å². The highest BCUT2D eigenvalue weighted by atomic mass is 19.1. The number of fused-ring (bicyclic) bond motifs is 1. The lowest BCUT2D eigenvalue weighted by Crippen LogP contribution is -2.19. The van der Waals surface area contributed by atoms with Crippen molar-refractivity contribution in [3.05, 3.63) is 78.1 Å². The molecule has 3 aromatic carbocycles. The molecule has 0 saturated carbocycles. The molecule has 4 aromatic rings. The Morgan fingerprint density at radius 1 is 0.963 bits per heavy atom. The summed E-state index contributed by atoms with van der Waals surface area (Å²) in [7, 11) is 0. The Kier molecular flexibility index (Phi) is 4.30. The SMILES string of the molecule is Cc1ccc2oc(-c3cccc(NC(=O)Nc4ccc(F)cc4)c3)nc2c1. The fourth-order valence-corrected chi connectivity index (χ4v) is 2.72. The molecule has 1 heterocycles. The van der Waals surface area contributed by atoms with Crippen LogP contribution in [0.4, 0.5) is 20.6 Å². The summed E-state index contributed by atoms with van der Waals surface area (Å²) in [5, 5.41) is 5.39. The minimum atomic E-state index is -0.424. The van der Waals surface area contributed by atoms with Crippen LogP contribution in [-0.4, -0.2) is 11.0 Å². The van der Waals surface area contributed by atoms with Gasteiger partial charge in [-0.05, 0) is 67.1 Å². The predicted molar refractivity (Wildman–Crippen MR) is 103 cm³/mol. The quantitative estimate of drug-likeness (QED) is 0.500. The van der Waals surface area contributed by atoms with E-state index in [2.05, 4.69) is 15.6 Å². The molecule has 27 heavy (non-hydrogen) atoms. The number of benzene rings is 3. The molecule has 0 aliphatic carbocycles. The Balaban J connectivity index is 1.52. The molecule has 5 nitrogen and oxygen atoms in total. The first-order valence-electron chi connectivity index (χ1n) is 8.38. The number of carbonyl (C=O) groups is 1. The molecule has 0 atom stereocenters. The third-order valence-corrected chi connectivity index (χ3v) is 4.01. The molecule has 2 amide bonds. The molecule has 1 aromatic heterocycles. The van der Waals surface area contributed by atoms with Gasteiger partial charge in [-0.3, -0.25) is 0 Å². The number of carbonyl (C=O) groups excluding carboxylic acids is 1. The lowest BCUT2D eigenvalue weighted by molar-refractivity contribution is 0.262. The fraction of sp³-hybridized carbons (Fsp3) is 0.0476. The van der Waals surface area contributed by atoms with Crippen molar-refractivity contribution in [3.63, 3.8) is 0 Å². The molecule has 0 saturated heterocycles. The number of nitrogens with one attached hydrogen (secondary N) is 2. The van der Waals surface area contributed by atoms with Crippen LogP contribution < -0.4 is 10.6 Å². The lowest BCUT2D eigenvalue weighted by Gasteiger charge is -2.08. The maximum atomic E-state index is 12.9. The molecule has 2 N–H and O–H groups in total. The third kappa shape index (κ3) is 3.79. The smallest absolute Gasteiger partial charge is 0.323 e. The molecule has 4 rings (SSSR count). The Labute approximate surface area is 154 Å². The van der Waals surface area contributed by atoms with Crippen LogP contribution in [0, 0.1) is 12.7 Å². The lowest BCUT2D eigenvalue weighted by atomic mass is 10.2. The van der Waals surface area contributed by atoms with E-state index in [4.69, 9.17) is 4.42 Å². The van der Waals surface area contributed by atoms with Gasteiger partial charge in [-0.2, -0.15) is 0 Å². The van der Waals surface area contributed by atoms with Crippen LogP contribution in [-0.2, 0) is 0 Å². The summed E-state index contributed by atoms with van der Waals surface area (Å²) in [5.41, 5.74) is 4.45. The van der Waals surface area contributed by atoms with Crippen LogP contribution in [0.25, 0.3) is 22.6 Å². The average Bonchev–Trinajstić information content (AvgIpc) is 3.07. The zero-order valence-corrected chi connectivity index (χ0v) is 14.5. The Bertz CT molecular complexity index is 1120. The van der Waals surface area contributed by atoms with E-state index in [1.807, 2.05) is 37.3 Å². The molecule has 0 aliphatic heterocycles. The van der Waals surface area contributed by atoms with Crippen molar-refractivity contribution >= 4 is 28.5 Å². The first kappa shape index (κ1) is 16.8. The fourth-order valence-electron chi connectivity index (χ4n) is 2.72. The van der Waals surface area contributed by atoms with Crippen molar-refractivity contribution in [3.8, 4) is 11.5 Å². The number of nitrogens with zero attached hydrogens (tertiary/aromatic N) is 1. The Morgan fingerprint density at radius 2 is 1.74 bits per heavy atom. The zero-order chi connectivity index (χ0) is 18.8. The second-order valence-electron chi connectivity index (χ2n) is 6.16. The highest BCUT2D eigenvalue weighted by Crippen LogP contribution is 2.26. The summed E-state index contributed by atoms with van der Waals surface area (Å²) in [5.74, 6) is 0.125. The zero-order valence-electron chi connectivity index (χ0n) is 14.5. The van der Waals surface area contributed by atoms with Gasteiger partial charge < -0.3 is 15.1 Å². The molecule has 0 spiro atoms. The predicted octanol–water partition coefficient (Wildman–Crippen LogP) is 5.59. The minimum absolute atomic E-state index is 0.359. The monoisotopic (exact) mass is 361 g/mol. The van der Waals surface area contributed by atoms with E-state index in [-0.39, 0.29) is 5.82 Å². The molecule has 0 radical (unpaired) electrons. The molecular weight excluding hydrogens is 345 g/mol. The van der Waals surface area contributed by atoms with Crippen molar-refractivity contribution in [1.82, 2.24) is 4.98 Å². The summed E-state index contributed by atoms with van der Waals surface area (Å²) >= 11 is 0. The maximum Gasteiger partial charge on any atom is 0.323 e. The first-order valence-corrected chi connectivity index (χ1v) is 8.38. The third-order valence-electron chi connectivity index (χ3n) is 4.01. The Hall–Kier alpha value is -3.67. The van der Waals surface area contributed by atoms with E-state index in [9.17, 15) is 9.18 Å². The van der Waals surface area contributed by atoms with Gasteiger partial charge in [-0.25, -0.2) is 14.2 Å². The topological polar surface area (TPSA) is 67.2 Å². The molecule has 6 heteroatoms. The number of oxazole rings is 1. The number of amides is 2. The van der Waals surface area contributed by atoms with Crippen LogP contribution in [0.5, 0.6) is 0 Å². The number of hydrogen-bond donors (Lipinski definition) is 2. The number of halogens is 1. The summed E-state index contributed by atoms with van der Waals surface area (Å²) in [6.07, 6.45) is 0. The number of aryl methyl sites for hydroxylation is 1. The van der Waals surface area contributed by atoms with E-state index in [0.717, 1.165) is 16.6 Å². The van der Waals surface area contributed by atoms with Gasteiger partial charge in [-0.1, -0.05) is 12.1 Å². The van der Waals surface area contributed by atoms with Crippen LogP contribution in [0.3, 0.4) is 0 Å². The van der Waals surface area contributed by atoms with Crippen LogP contribution >= 0.6 is 0 Å². The van der Waals surface area contributed by atoms with E-state index in [1.165, 1.54) is 24.3 Å². The molecule has 0 bridgehead atoms. The van der Waals surface area contributed by atoms with Crippen molar-refractivity contribution < 1.29 is 13.6 Å². The molecule has 134 valence electrons. The van der Waals surface area contributed by atoms with Gasteiger partial charge in [0.1, 0.15) is 11.3 Å². The standard InChI is InChI=1S/C21H16FN3O2/c1-13-5-10-19-18(11-13)25-20(27-19)14-3-2-4-17(12-14)24-21(26)23-16-8-6-15(22)7-9-16/h2-12H,1H3,(H2,23,24,26). The van der Waals surface area contributed by atoms with E-state index in [0.29, 0.717) is 22.8 Å². The van der Waals surface area contributed by atoms with Crippen LogP contribution in [0.15, 0.2) is 71.1 Å². The highest BCUT2D eigenvalue weighted by Gasteiger charge is 2.10. The molecule has 0 fully saturated rings.